The summed E-state index contributed by atoms with van der Waals surface area (Å²) >= 11 is 0. The molecule has 2 atom stereocenters. The zero-order chi connectivity index (χ0) is 32.4. The molecule has 1 unspecified atom stereocenters. The first kappa shape index (κ1) is 31.6. The van der Waals surface area contributed by atoms with Crippen molar-refractivity contribution < 1.29 is 14.3 Å². The number of ether oxygens (including phenoxy) is 1. The average molecular weight is 627 g/mol. The molecular formula is C35H46N8O3. The van der Waals surface area contributed by atoms with Crippen LogP contribution in [-0.2, 0) is 28.8 Å². The van der Waals surface area contributed by atoms with E-state index in [9.17, 15) is 14.9 Å². The summed E-state index contributed by atoms with van der Waals surface area (Å²) < 4.78 is 5.59. The highest BCUT2D eigenvalue weighted by atomic mass is 16.6. The number of amides is 2. The zero-order valence-corrected chi connectivity index (χ0v) is 27.4. The molecule has 1 aromatic carbocycles. The molecular weight excluding hydrogens is 580 g/mol. The van der Waals surface area contributed by atoms with Crippen LogP contribution in [0, 0.1) is 11.3 Å². The third kappa shape index (κ3) is 6.76. The minimum Gasteiger partial charge on any atom is -0.444 e. The summed E-state index contributed by atoms with van der Waals surface area (Å²) in [4.78, 5) is 43.8. The van der Waals surface area contributed by atoms with Crippen molar-refractivity contribution in [1.82, 2.24) is 19.8 Å². The van der Waals surface area contributed by atoms with Gasteiger partial charge in [-0.15, -0.1) is 0 Å². The van der Waals surface area contributed by atoms with Gasteiger partial charge in [-0.2, -0.15) is 10.2 Å². The Balaban J connectivity index is 1.24. The van der Waals surface area contributed by atoms with Gasteiger partial charge in [0.1, 0.15) is 11.4 Å². The Hall–Kier alpha value is -4.33. The van der Waals surface area contributed by atoms with Crippen LogP contribution >= 0.6 is 0 Å². The summed E-state index contributed by atoms with van der Waals surface area (Å²) in [6.45, 7) is 13.2. The van der Waals surface area contributed by atoms with Gasteiger partial charge in [0.2, 0.25) is 11.9 Å². The summed E-state index contributed by atoms with van der Waals surface area (Å²) in [5.74, 6) is 1.37. The van der Waals surface area contributed by atoms with Crippen LogP contribution in [-0.4, -0.2) is 94.8 Å². The maximum absolute atomic E-state index is 12.6. The first-order valence-corrected chi connectivity index (χ1v) is 16.7. The highest BCUT2D eigenvalue weighted by Crippen LogP contribution is 2.37. The summed E-state index contributed by atoms with van der Waals surface area (Å²) in [6.07, 6.45) is 6.65. The second-order valence-corrected chi connectivity index (χ2v) is 13.8. The van der Waals surface area contributed by atoms with Gasteiger partial charge in [0.25, 0.3) is 0 Å². The number of nitrogens with zero attached hydrogens (tertiary/aromatic N) is 7. The number of piperazine rings is 1. The molecule has 2 fully saturated rings. The predicted octanol–water partition coefficient (Wildman–Crippen LogP) is 4.32. The van der Waals surface area contributed by atoms with Gasteiger partial charge in [-0.05, 0) is 70.6 Å². The van der Waals surface area contributed by atoms with E-state index in [4.69, 9.17) is 14.7 Å². The first-order valence-electron chi connectivity index (χ1n) is 16.7. The van der Waals surface area contributed by atoms with Crippen molar-refractivity contribution in [3.63, 3.8) is 0 Å². The normalized spacial score (nSPS) is 21.7. The monoisotopic (exact) mass is 626 g/mol. The number of aromatic nitrogens is 2. The Morgan fingerprint density at radius 2 is 1.87 bits per heavy atom. The number of hydrogen-bond acceptors (Lipinski definition) is 9. The van der Waals surface area contributed by atoms with Crippen LogP contribution in [0.5, 0.6) is 0 Å². The molecule has 0 bridgehead atoms. The molecule has 2 aromatic rings. The van der Waals surface area contributed by atoms with E-state index >= 15 is 0 Å². The molecule has 4 aliphatic rings. The number of carbonyl (C=O) groups excluding carboxylic acids is 2. The van der Waals surface area contributed by atoms with Crippen LogP contribution in [0.15, 0.2) is 36.9 Å². The van der Waals surface area contributed by atoms with E-state index in [1.807, 2.05) is 20.8 Å². The third-order valence-electron chi connectivity index (χ3n) is 9.64. The van der Waals surface area contributed by atoms with Crippen molar-refractivity contribution in [2.75, 3.05) is 54.4 Å². The minimum atomic E-state index is -0.523. The fourth-order valence-corrected chi connectivity index (χ4v) is 7.36. The fourth-order valence-electron chi connectivity index (χ4n) is 7.36. The quantitative estimate of drug-likeness (QED) is 0.468. The van der Waals surface area contributed by atoms with Crippen molar-refractivity contribution in [1.29, 1.82) is 5.26 Å². The van der Waals surface area contributed by atoms with E-state index in [1.165, 1.54) is 22.9 Å². The van der Waals surface area contributed by atoms with E-state index in [2.05, 4.69) is 52.0 Å². The van der Waals surface area contributed by atoms with Crippen LogP contribution in [0.25, 0.3) is 0 Å². The number of anilines is 3. The number of fused-ring (bicyclic) bond motifs is 2. The lowest BCUT2D eigenvalue weighted by atomic mass is 9.90. The Bertz CT molecular complexity index is 1510. The number of carbonyl (C=O) groups is 2. The number of piperidine rings is 1. The van der Waals surface area contributed by atoms with Crippen LogP contribution in [0.1, 0.15) is 63.3 Å². The maximum Gasteiger partial charge on any atom is 0.410 e. The zero-order valence-electron chi connectivity index (χ0n) is 27.4. The number of rotatable bonds is 6. The Labute approximate surface area is 272 Å². The van der Waals surface area contributed by atoms with E-state index in [0.29, 0.717) is 44.7 Å². The van der Waals surface area contributed by atoms with Gasteiger partial charge < -0.3 is 29.7 Å². The van der Waals surface area contributed by atoms with E-state index in [0.717, 1.165) is 56.6 Å². The highest BCUT2D eigenvalue weighted by Gasteiger charge is 2.36. The van der Waals surface area contributed by atoms with Crippen molar-refractivity contribution in [3.05, 3.63) is 53.7 Å². The smallest absolute Gasteiger partial charge is 0.410 e. The molecule has 4 heterocycles. The summed E-state index contributed by atoms with van der Waals surface area (Å²) in [7, 11) is 0. The predicted molar refractivity (Wildman–Crippen MR) is 178 cm³/mol. The Kier molecular flexibility index (Phi) is 9.07. The second-order valence-electron chi connectivity index (χ2n) is 13.8. The molecule has 0 radical (unpaired) electrons. The summed E-state index contributed by atoms with van der Waals surface area (Å²) in [5, 5.41) is 13.2. The largest absolute Gasteiger partial charge is 0.444 e. The highest BCUT2D eigenvalue weighted by molar-refractivity contribution is 5.87. The van der Waals surface area contributed by atoms with Crippen LogP contribution < -0.4 is 15.1 Å². The Morgan fingerprint density at radius 1 is 1.09 bits per heavy atom. The molecule has 1 aliphatic carbocycles. The van der Waals surface area contributed by atoms with Crippen molar-refractivity contribution in [3.8, 4) is 6.07 Å². The molecule has 6 rings (SSSR count). The van der Waals surface area contributed by atoms with Gasteiger partial charge in [-0.25, -0.2) is 9.78 Å². The molecule has 1 N–H and O–H groups in total. The van der Waals surface area contributed by atoms with E-state index in [-0.39, 0.29) is 30.5 Å². The summed E-state index contributed by atoms with van der Waals surface area (Å²) in [6, 6.07) is 11.2. The topological polar surface area (TPSA) is 118 Å². The number of para-hydroxylation sites is 1. The number of hydrogen-bond donors (Lipinski definition) is 1. The Morgan fingerprint density at radius 3 is 2.61 bits per heavy atom. The van der Waals surface area contributed by atoms with Gasteiger partial charge >= 0.3 is 6.09 Å². The molecule has 2 amide bonds. The van der Waals surface area contributed by atoms with E-state index in [1.54, 1.807) is 9.80 Å². The molecule has 2 saturated heterocycles. The SMILES string of the molecule is C=CC(=O)N1CCN(c2nc(NC3CCN(C(=O)OC(C)(C)C)CC3)nc3c2CCC(N2CCc4ccccc42)C3)C[C@@H]1CC#N. The third-order valence-corrected chi connectivity index (χ3v) is 9.64. The van der Waals surface area contributed by atoms with Crippen LogP contribution in [0.3, 0.4) is 0 Å². The molecule has 3 aliphatic heterocycles. The minimum absolute atomic E-state index is 0.128. The lowest BCUT2D eigenvalue weighted by molar-refractivity contribution is -0.128. The molecule has 11 heteroatoms. The second kappa shape index (κ2) is 13.2. The lowest BCUT2D eigenvalue weighted by Gasteiger charge is -2.42. The molecule has 46 heavy (non-hydrogen) atoms. The average Bonchev–Trinajstić information content (AvgIpc) is 3.48. The first-order chi connectivity index (χ1) is 22.1. The molecule has 11 nitrogen and oxygen atoms in total. The number of nitrogens with one attached hydrogen (secondary N) is 1. The van der Waals surface area contributed by atoms with Crippen molar-refractivity contribution in [2.45, 2.75) is 89.4 Å². The van der Waals surface area contributed by atoms with Crippen molar-refractivity contribution >= 4 is 29.5 Å². The van der Waals surface area contributed by atoms with Crippen LogP contribution in [0.2, 0.25) is 0 Å². The van der Waals surface area contributed by atoms with Crippen LogP contribution in [0.4, 0.5) is 22.2 Å². The molecule has 0 saturated carbocycles. The van der Waals surface area contributed by atoms with Gasteiger partial charge in [0.05, 0.1) is 24.2 Å². The standard InChI is InChI=1S/C35H46N8O3/c1-5-31(44)43-21-20-41(23-27(43)12-16-36)32-28-11-10-26(42-19-13-24-8-6-7-9-30(24)42)22-29(28)38-33(39-32)37-25-14-17-40(18-15-25)34(45)46-35(2,3)4/h5-9,25-27H,1,10-15,17-23H2,2-4H3,(H,37,38,39)/t26?,27-/m0/s1. The van der Waals surface area contributed by atoms with Gasteiger partial charge in [0.15, 0.2) is 0 Å². The maximum atomic E-state index is 12.6. The molecule has 244 valence electrons. The van der Waals surface area contributed by atoms with Gasteiger partial charge in [0, 0.05) is 69.0 Å². The fraction of sp³-hybridized carbons (Fsp3) is 0.571. The van der Waals surface area contributed by atoms with Gasteiger partial charge in [-0.1, -0.05) is 24.8 Å². The van der Waals surface area contributed by atoms with Crippen molar-refractivity contribution in [2.24, 2.45) is 0 Å². The molecule has 0 spiro atoms. The number of nitriles is 1. The lowest BCUT2D eigenvalue weighted by Crippen LogP contribution is -2.55. The van der Waals surface area contributed by atoms with E-state index < -0.39 is 5.60 Å². The van der Waals surface area contributed by atoms with Gasteiger partial charge in [-0.3, -0.25) is 4.79 Å². The number of benzene rings is 1. The molecule has 1 aromatic heterocycles. The number of likely N-dealkylation sites (tertiary alicyclic amines) is 1. The summed E-state index contributed by atoms with van der Waals surface area (Å²) in [5.41, 5.74) is 4.47.